The molecular formula is C15H15NO3. The number of ketones is 1. The minimum absolute atomic E-state index is 0.193. The molecule has 0 saturated carbocycles. The summed E-state index contributed by atoms with van der Waals surface area (Å²) in [5.74, 6) is -0.718. The van der Waals surface area contributed by atoms with Crippen LogP contribution in [0.15, 0.2) is 36.5 Å². The minimum atomic E-state index is -0.524. The molecule has 0 amide bonds. The summed E-state index contributed by atoms with van der Waals surface area (Å²) in [5.41, 5.74) is 2.82. The van der Waals surface area contributed by atoms with Gasteiger partial charge in [-0.05, 0) is 37.6 Å². The molecule has 1 aromatic carbocycles. The van der Waals surface area contributed by atoms with Crippen molar-refractivity contribution in [1.82, 2.24) is 4.98 Å². The largest absolute Gasteiger partial charge is 0.453 e. The van der Waals surface area contributed by atoms with Crippen molar-refractivity contribution >= 4 is 11.8 Å². The molecule has 98 valence electrons. The first kappa shape index (κ1) is 13.1. The number of esters is 1. The average molecular weight is 257 g/mol. The number of rotatable bonds is 4. The van der Waals surface area contributed by atoms with Gasteiger partial charge in [0, 0.05) is 11.8 Å². The lowest BCUT2D eigenvalue weighted by atomic mass is 10.0. The van der Waals surface area contributed by atoms with Gasteiger partial charge in [-0.25, -0.2) is 4.79 Å². The number of aromatic nitrogens is 1. The van der Waals surface area contributed by atoms with E-state index in [4.69, 9.17) is 4.74 Å². The van der Waals surface area contributed by atoms with Gasteiger partial charge in [0.15, 0.2) is 6.61 Å². The molecule has 0 unspecified atom stereocenters. The number of aromatic amines is 1. The molecule has 2 aromatic rings. The van der Waals surface area contributed by atoms with Gasteiger partial charge in [0.1, 0.15) is 5.69 Å². The molecule has 0 atom stereocenters. The summed E-state index contributed by atoms with van der Waals surface area (Å²) in [6.07, 6.45) is 1.63. The Morgan fingerprint density at radius 2 is 2.00 bits per heavy atom. The Hall–Kier alpha value is -2.36. The van der Waals surface area contributed by atoms with Gasteiger partial charge in [-0.3, -0.25) is 4.79 Å². The first-order chi connectivity index (χ1) is 9.08. The number of nitrogens with one attached hydrogen (secondary N) is 1. The van der Waals surface area contributed by atoms with Crippen LogP contribution in [0, 0.1) is 13.8 Å². The maximum atomic E-state index is 12.0. The zero-order chi connectivity index (χ0) is 13.8. The fraction of sp³-hybridized carbons (Fsp3) is 0.200. The van der Waals surface area contributed by atoms with E-state index < -0.39 is 5.97 Å². The fourth-order valence-corrected chi connectivity index (χ4v) is 1.78. The van der Waals surface area contributed by atoms with Crippen LogP contribution in [0.5, 0.6) is 0 Å². The van der Waals surface area contributed by atoms with E-state index in [1.165, 1.54) is 0 Å². The van der Waals surface area contributed by atoms with Crippen LogP contribution in [0.2, 0.25) is 0 Å². The van der Waals surface area contributed by atoms with Crippen molar-refractivity contribution in [3.63, 3.8) is 0 Å². The van der Waals surface area contributed by atoms with E-state index in [1.54, 1.807) is 24.4 Å². The number of H-pyrrole nitrogens is 1. The standard InChI is InChI=1S/C15H15NO3/c1-10-5-6-11(2)12(8-10)14(17)9-19-15(18)13-4-3-7-16-13/h3-8,16H,9H2,1-2H3. The summed E-state index contributed by atoms with van der Waals surface area (Å²) in [7, 11) is 0. The van der Waals surface area contributed by atoms with Gasteiger partial charge in [-0.15, -0.1) is 0 Å². The van der Waals surface area contributed by atoms with E-state index in [0.717, 1.165) is 11.1 Å². The van der Waals surface area contributed by atoms with Gasteiger partial charge < -0.3 is 9.72 Å². The number of carbonyl (C=O) groups is 2. The van der Waals surface area contributed by atoms with E-state index in [-0.39, 0.29) is 12.4 Å². The number of hydrogen-bond donors (Lipinski definition) is 1. The van der Waals surface area contributed by atoms with Crippen LogP contribution in [-0.4, -0.2) is 23.3 Å². The maximum absolute atomic E-state index is 12.0. The highest BCUT2D eigenvalue weighted by molar-refractivity contribution is 6.00. The zero-order valence-electron chi connectivity index (χ0n) is 10.9. The average Bonchev–Trinajstić information content (AvgIpc) is 2.92. The minimum Gasteiger partial charge on any atom is -0.453 e. The van der Waals surface area contributed by atoms with E-state index in [0.29, 0.717) is 11.3 Å². The Morgan fingerprint density at radius 3 is 2.68 bits per heavy atom. The van der Waals surface area contributed by atoms with Crippen LogP contribution in [-0.2, 0) is 4.74 Å². The molecule has 0 radical (unpaired) electrons. The lowest BCUT2D eigenvalue weighted by Gasteiger charge is -2.07. The van der Waals surface area contributed by atoms with Gasteiger partial charge in [-0.2, -0.15) is 0 Å². The number of ether oxygens (including phenoxy) is 1. The second kappa shape index (κ2) is 5.52. The Morgan fingerprint density at radius 1 is 1.21 bits per heavy atom. The molecule has 4 heteroatoms. The van der Waals surface area contributed by atoms with Crippen molar-refractivity contribution < 1.29 is 14.3 Å². The predicted molar refractivity (Wildman–Crippen MR) is 71.3 cm³/mol. The van der Waals surface area contributed by atoms with Gasteiger partial charge in [0.25, 0.3) is 0 Å². The number of Topliss-reactive ketones (excluding diaryl/α,β-unsaturated/α-hetero) is 1. The van der Waals surface area contributed by atoms with Gasteiger partial charge in [0.05, 0.1) is 0 Å². The quantitative estimate of drug-likeness (QED) is 0.676. The number of carbonyl (C=O) groups excluding carboxylic acids is 2. The van der Waals surface area contributed by atoms with Crippen LogP contribution in [0.25, 0.3) is 0 Å². The number of aryl methyl sites for hydroxylation is 2. The molecule has 19 heavy (non-hydrogen) atoms. The third kappa shape index (κ3) is 3.10. The van der Waals surface area contributed by atoms with E-state index in [9.17, 15) is 9.59 Å². The fourth-order valence-electron chi connectivity index (χ4n) is 1.78. The Labute approximate surface area is 111 Å². The third-order valence-corrected chi connectivity index (χ3v) is 2.85. The molecule has 1 N–H and O–H groups in total. The molecule has 0 aliphatic heterocycles. The van der Waals surface area contributed by atoms with Crippen LogP contribution >= 0.6 is 0 Å². The Balaban J connectivity index is 2.02. The van der Waals surface area contributed by atoms with E-state index >= 15 is 0 Å². The normalized spacial score (nSPS) is 10.2. The number of hydrogen-bond acceptors (Lipinski definition) is 3. The van der Waals surface area contributed by atoms with Crippen molar-refractivity contribution in [3.05, 3.63) is 58.9 Å². The van der Waals surface area contributed by atoms with E-state index in [2.05, 4.69) is 4.98 Å². The lowest BCUT2D eigenvalue weighted by Crippen LogP contribution is -2.15. The molecule has 0 aliphatic rings. The number of benzene rings is 1. The predicted octanol–water partition coefficient (Wildman–Crippen LogP) is 2.67. The molecule has 0 saturated heterocycles. The summed E-state index contributed by atoms with van der Waals surface area (Å²) in [4.78, 5) is 26.3. The van der Waals surface area contributed by atoms with Crippen molar-refractivity contribution in [3.8, 4) is 0 Å². The third-order valence-electron chi connectivity index (χ3n) is 2.85. The van der Waals surface area contributed by atoms with Crippen LogP contribution < -0.4 is 0 Å². The molecule has 1 heterocycles. The Kier molecular flexibility index (Phi) is 3.80. The highest BCUT2D eigenvalue weighted by Gasteiger charge is 2.13. The smallest absolute Gasteiger partial charge is 0.355 e. The molecular weight excluding hydrogens is 242 g/mol. The first-order valence-corrected chi connectivity index (χ1v) is 5.99. The highest BCUT2D eigenvalue weighted by Crippen LogP contribution is 2.12. The molecule has 0 bridgehead atoms. The molecule has 0 fully saturated rings. The molecule has 0 aliphatic carbocycles. The topological polar surface area (TPSA) is 59.2 Å². The first-order valence-electron chi connectivity index (χ1n) is 5.99. The summed E-state index contributed by atoms with van der Waals surface area (Å²) in [5, 5.41) is 0. The summed E-state index contributed by atoms with van der Waals surface area (Å²) >= 11 is 0. The molecule has 4 nitrogen and oxygen atoms in total. The van der Waals surface area contributed by atoms with Crippen molar-refractivity contribution in [2.75, 3.05) is 6.61 Å². The second-order valence-electron chi connectivity index (χ2n) is 4.40. The summed E-state index contributed by atoms with van der Waals surface area (Å²) in [6.45, 7) is 3.53. The monoisotopic (exact) mass is 257 g/mol. The van der Waals surface area contributed by atoms with E-state index in [1.807, 2.05) is 26.0 Å². The van der Waals surface area contributed by atoms with Crippen molar-refractivity contribution in [2.24, 2.45) is 0 Å². The van der Waals surface area contributed by atoms with Crippen molar-refractivity contribution in [2.45, 2.75) is 13.8 Å². The highest BCUT2D eigenvalue weighted by atomic mass is 16.5. The summed E-state index contributed by atoms with van der Waals surface area (Å²) in [6, 6.07) is 8.93. The molecule has 2 rings (SSSR count). The van der Waals surface area contributed by atoms with Crippen LogP contribution in [0.4, 0.5) is 0 Å². The maximum Gasteiger partial charge on any atom is 0.355 e. The second-order valence-corrected chi connectivity index (χ2v) is 4.40. The summed E-state index contributed by atoms with van der Waals surface area (Å²) < 4.78 is 4.98. The zero-order valence-corrected chi connectivity index (χ0v) is 10.9. The Bertz CT molecular complexity index is 600. The van der Waals surface area contributed by atoms with Crippen LogP contribution in [0.1, 0.15) is 32.0 Å². The molecule has 0 spiro atoms. The SMILES string of the molecule is Cc1ccc(C)c(C(=O)COC(=O)c2ccc[nH]2)c1. The molecule has 1 aromatic heterocycles. The van der Waals surface area contributed by atoms with Crippen molar-refractivity contribution in [1.29, 1.82) is 0 Å². The van der Waals surface area contributed by atoms with Gasteiger partial charge >= 0.3 is 5.97 Å². The van der Waals surface area contributed by atoms with Crippen LogP contribution in [0.3, 0.4) is 0 Å². The lowest BCUT2D eigenvalue weighted by molar-refractivity contribution is 0.0469. The van der Waals surface area contributed by atoms with Gasteiger partial charge in [0.2, 0.25) is 5.78 Å². The van der Waals surface area contributed by atoms with Gasteiger partial charge in [-0.1, -0.05) is 17.7 Å².